The van der Waals surface area contributed by atoms with E-state index < -0.39 is 23.8 Å². The average Bonchev–Trinajstić information content (AvgIpc) is 2.90. The van der Waals surface area contributed by atoms with Crippen molar-refractivity contribution in [3.8, 4) is 5.75 Å². The third-order valence-electron chi connectivity index (χ3n) is 6.90. The normalized spacial score (nSPS) is 12.7. The van der Waals surface area contributed by atoms with E-state index in [4.69, 9.17) is 9.47 Å². The summed E-state index contributed by atoms with van der Waals surface area (Å²) in [6, 6.07) is 11.1. The van der Waals surface area contributed by atoms with E-state index in [0.717, 1.165) is 43.2 Å². The largest absolute Gasteiger partial charge is 0.497 e. The van der Waals surface area contributed by atoms with E-state index in [0.29, 0.717) is 23.5 Å². The molecule has 0 spiro atoms. The van der Waals surface area contributed by atoms with Crippen LogP contribution in [-0.2, 0) is 14.3 Å². The summed E-state index contributed by atoms with van der Waals surface area (Å²) in [6.07, 6.45) is 5.54. The second-order valence-corrected chi connectivity index (χ2v) is 11.6. The summed E-state index contributed by atoms with van der Waals surface area (Å²) in [6.45, 7) is 13.5. The molecule has 0 aromatic heterocycles. The number of methoxy groups -OCH3 is 1. The van der Waals surface area contributed by atoms with E-state index >= 15 is 0 Å². The van der Waals surface area contributed by atoms with Crippen LogP contribution >= 0.6 is 0 Å². The molecule has 226 valence electrons. The molecule has 0 fully saturated rings. The number of nitrogens with zero attached hydrogens (tertiary/aromatic N) is 1. The highest BCUT2D eigenvalue weighted by Crippen LogP contribution is 2.27. The molecule has 8 nitrogen and oxygen atoms in total. The van der Waals surface area contributed by atoms with Gasteiger partial charge in [0.2, 0.25) is 5.91 Å². The maximum Gasteiger partial charge on any atom is 0.408 e. The van der Waals surface area contributed by atoms with Crippen LogP contribution in [0.2, 0.25) is 0 Å². The molecule has 2 rings (SSSR count). The quantitative estimate of drug-likeness (QED) is 0.238. The Labute approximate surface area is 246 Å². The second kappa shape index (κ2) is 16.0. The number of aryl methyl sites for hydroxylation is 2. The lowest BCUT2D eigenvalue weighted by atomic mass is 9.98. The number of rotatable bonds is 14. The van der Waals surface area contributed by atoms with Gasteiger partial charge in [0.05, 0.1) is 7.11 Å². The van der Waals surface area contributed by atoms with E-state index in [9.17, 15) is 14.4 Å². The predicted octanol–water partition coefficient (Wildman–Crippen LogP) is 7.09. The highest BCUT2D eigenvalue weighted by atomic mass is 16.6. The fourth-order valence-electron chi connectivity index (χ4n) is 4.52. The number of anilines is 1. The average molecular weight is 568 g/mol. The molecule has 2 unspecified atom stereocenters. The van der Waals surface area contributed by atoms with Crippen LogP contribution in [0.4, 0.5) is 10.5 Å². The molecule has 2 aromatic carbocycles. The maximum absolute atomic E-state index is 14.0. The number of carbonyl (C=O) groups is 3. The number of hydrogen-bond acceptors (Lipinski definition) is 5. The number of benzene rings is 2. The highest BCUT2D eigenvalue weighted by Gasteiger charge is 2.34. The number of hydrogen-bond donors (Lipinski definition) is 2. The number of nitrogens with one attached hydrogen (secondary N) is 2. The first-order chi connectivity index (χ1) is 19.4. The summed E-state index contributed by atoms with van der Waals surface area (Å²) in [5.74, 6) is -0.00428. The molecule has 2 N–H and O–H groups in total. The summed E-state index contributed by atoms with van der Waals surface area (Å²) in [4.78, 5) is 42.1. The summed E-state index contributed by atoms with van der Waals surface area (Å²) >= 11 is 0. The molecule has 8 heteroatoms. The molecule has 41 heavy (non-hydrogen) atoms. The molecule has 0 bridgehead atoms. The van der Waals surface area contributed by atoms with Crippen LogP contribution in [0.25, 0.3) is 0 Å². The van der Waals surface area contributed by atoms with E-state index in [1.165, 1.54) is 6.42 Å². The zero-order valence-corrected chi connectivity index (χ0v) is 26.1. The molecule has 0 heterocycles. The minimum absolute atomic E-state index is 0.331. The third-order valence-corrected chi connectivity index (χ3v) is 6.90. The number of alkyl carbamates (subject to hydrolysis) is 1. The molecule has 2 atom stereocenters. The molecule has 0 aliphatic heterocycles. The molecule has 2 aromatic rings. The van der Waals surface area contributed by atoms with Crippen molar-refractivity contribution in [2.75, 3.05) is 19.0 Å². The molecule has 0 radical (unpaired) electrons. The third kappa shape index (κ3) is 11.1. The van der Waals surface area contributed by atoms with Crippen molar-refractivity contribution in [3.63, 3.8) is 0 Å². The first-order valence-electron chi connectivity index (χ1n) is 14.7. The lowest BCUT2D eigenvalue weighted by Gasteiger charge is -2.34. The van der Waals surface area contributed by atoms with Crippen molar-refractivity contribution < 1.29 is 23.9 Å². The Morgan fingerprint density at radius 1 is 0.902 bits per heavy atom. The summed E-state index contributed by atoms with van der Waals surface area (Å²) < 4.78 is 10.6. The number of carbonyl (C=O) groups excluding carboxylic acids is 3. The Bertz CT molecular complexity index is 1140. The Hall–Kier alpha value is -3.55. The van der Waals surface area contributed by atoms with Crippen molar-refractivity contribution >= 4 is 23.6 Å². The number of amides is 3. The van der Waals surface area contributed by atoms with Gasteiger partial charge in [-0.2, -0.15) is 0 Å². The minimum Gasteiger partial charge on any atom is -0.497 e. The van der Waals surface area contributed by atoms with Crippen LogP contribution in [0, 0.1) is 13.8 Å². The Morgan fingerprint density at radius 3 is 2.12 bits per heavy atom. The van der Waals surface area contributed by atoms with Crippen LogP contribution in [-0.4, -0.2) is 48.1 Å². The molecule has 0 aliphatic carbocycles. The fourth-order valence-corrected chi connectivity index (χ4v) is 4.52. The van der Waals surface area contributed by atoms with Gasteiger partial charge in [-0.3, -0.25) is 9.59 Å². The lowest BCUT2D eigenvalue weighted by molar-refractivity contribution is -0.140. The smallest absolute Gasteiger partial charge is 0.408 e. The van der Waals surface area contributed by atoms with Crippen LogP contribution in [0.15, 0.2) is 42.5 Å². The van der Waals surface area contributed by atoms with E-state index in [1.807, 2.05) is 32.0 Å². The zero-order chi connectivity index (χ0) is 30.6. The standard InChI is InChI=1S/C33H49N3O5/c1-9-10-11-12-13-14-21-36(31(38)25(4)34-32(39)41-33(5,6)7)29(26-16-15-23(2)24(3)22-26)30(37)35-27-17-19-28(40-8)20-18-27/h15-20,22,25,29H,9-14,21H2,1-8H3,(H,34,39)(H,35,37). The van der Waals surface area contributed by atoms with Crippen molar-refractivity contribution in [3.05, 3.63) is 59.2 Å². The van der Waals surface area contributed by atoms with Crippen molar-refractivity contribution in [2.45, 2.75) is 105 Å². The monoisotopic (exact) mass is 567 g/mol. The summed E-state index contributed by atoms with van der Waals surface area (Å²) in [5, 5.41) is 5.66. The minimum atomic E-state index is -0.901. The number of ether oxygens (including phenoxy) is 2. The van der Waals surface area contributed by atoms with Gasteiger partial charge in [0, 0.05) is 12.2 Å². The number of unbranched alkanes of at least 4 members (excludes halogenated alkanes) is 5. The maximum atomic E-state index is 14.0. The Balaban J connectivity index is 2.43. The summed E-state index contributed by atoms with van der Waals surface area (Å²) in [7, 11) is 1.58. The van der Waals surface area contributed by atoms with Crippen LogP contribution in [0.5, 0.6) is 5.75 Å². The van der Waals surface area contributed by atoms with E-state index in [2.05, 4.69) is 17.6 Å². The summed E-state index contributed by atoms with van der Waals surface area (Å²) in [5.41, 5.74) is 2.72. The van der Waals surface area contributed by atoms with E-state index in [-0.39, 0.29) is 11.8 Å². The Kier molecular flexibility index (Phi) is 13.2. The van der Waals surface area contributed by atoms with Crippen molar-refractivity contribution in [1.82, 2.24) is 10.2 Å². The highest BCUT2D eigenvalue weighted by molar-refractivity contribution is 5.99. The van der Waals surface area contributed by atoms with Gasteiger partial charge in [-0.15, -0.1) is 0 Å². The first-order valence-corrected chi connectivity index (χ1v) is 14.7. The lowest BCUT2D eigenvalue weighted by Crippen LogP contribution is -2.51. The molecule has 0 aliphatic rings. The van der Waals surface area contributed by atoms with Gasteiger partial charge < -0.3 is 25.0 Å². The molecule has 3 amide bonds. The van der Waals surface area contributed by atoms with Crippen LogP contribution in [0.1, 0.15) is 95.9 Å². The van der Waals surface area contributed by atoms with Gasteiger partial charge in [0.1, 0.15) is 23.4 Å². The first kappa shape index (κ1) is 33.7. The predicted molar refractivity (Wildman–Crippen MR) is 164 cm³/mol. The van der Waals surface area contributed by atoms with Gasteiger partial charge in [-0.05, 0) is 88.9 Å². The van der Waals surface area contributed by atoms with Gasteiger partial charge >= 0.3 is 6.09 Å². The fraction of sp³-hybridized carbons (Fsp3) is 0.545. The van der Waals surface area contributed by atoms with Crippen LogP contribution < -0.4 is 15.4 Å². The van der Waals surface area contributed by atoms with Crippen LogP contribution in [0.3, 0.4) is 0 Å². The molecule has 0 saturated carbocycles. The van der Waals surface area contributed by atoms with Crippen molar-refractivity contribution in [2.24, 2.45) is 0 Å². The van der Waals surface area contributed by atoms with Gasteiger partial charge in [0.15, 0.2) is 0 Å². The SMILES string of the molecule is CCCCCCCCN(C(=O)C(C)NC(=O)OC(C)(C)C)C(C(=O)Nc1ccc(OC)cc1)c1ccc(C)c(C)c1. The van der Waals surface area contributed by atoms with Gasteiger partial charge in [-0.1, -0.05) is 57.2 Å². The zero-order valence-electron chi connectivity index (χ0n) is 26.1. The second-order valence-electron chi connectivity index (χ2n) is 11.6. The van der Waals surface area contributed by atoms with E-state index in [1.54, 1.807) is 64.0 Å². The molecular formula is C33H49N3O5. The molecule has 0 saturated heterocycles. The van der Waals surface area contributed by atoms with Crippen molar-refractivity contribution in [1.29, 1.82) is 0 Å². The Morgan fingerprint density at radius 2 is 1.54 bits per heavy atom. The molecular weight excluding hydrogens is 518 g/mol. The van der Waals surface area contributed by atoms with Gasteiger partial charge in [-0.25, -0.2) is 4.79 Å². The topological polar surface area (TPSA) is 97.0 Å². The van der Waals surface area contributed by atoms with Gasteiger partial charge in [0.25, 0.3) is 5.91 Å².